The number of anilines is 1. The first-order valence-corrected chi connectivity index (χ1v) is 10.6. The Morgan fingerprint density at radius 3 is 2.97 bits per heavy atom. The molecule has 1 aromatic carbocycles. The van der Waals surface area contributed by atoms with Gasteiger partial charge in [-0.05, 0) is 44.0 Å². The molecule has 1 N–H and O–H groups in total. The molecule has 4 aromatic rings. The number of amides is 1. The first-order valence-electron chi connectivity index (χ1n) is 10.6. The number of hydrogen-bond acceptors (Lipinski definition) is 6. The summed E-state index contributed by atoms with van der Waals surface area (Å²) in [6, 6.07) is 9.29. The molecule has 2 aliphatic rings. The van der Waals surface area contributed by atoms with Crippen LogP contribution in [0.25, 0.3) is 17.1 Å². The number of nitrogens with zero attached hydrogens (tertiary/aromatic N) is 6. The predicted molar refractivity (Wildman–Crippen MR) is 117 cm³/mol. The zero-order valence-electron chi connectivity index (χ0n) is 17.5. The van der Waals surface area contributed by atoms with E-state index in [-0.39, 0.29) is 11.9 Å². The highest BCUT2D eigenvalue weighted by Crippen LogP contribution is 2.40. The smallest absolute Gasteiger partial charge is 0.274 e. The van der Waals surface area contributed by atoms with Crippen LogP contribution < -0.4 is 10.1 Å². The molecule has 0 radical (unpaired) electrons. The lowest BCUT2D eigenvalue weighted by Gasteiger charge is -2.14. The van der Waals surface area contributed by atoms with E-state index in [0.29, 0.717) is 35.5 Å². The van der Waals surface area contributed by atoms with Gasteiger partial charge in [0.15, 0.2) is 11.6 Å². The van der Waals surface area contributed by atoms with Crippen molar-refractivity contribution in [3.8, 4) is 22.8 Å². The summed E-state index contributed by atoms with van der Waals surface area (Å²) in [7, 11) is 0. The quantitative estimate of drug-likeness (QED) is 0.534. The molecule has 1 saturated carbocycles. The first kappa shape index (κ1) is 18.7. The maximum atomic E-state index is 13.1. The largest absolute Gasteiger partial charge is 0.488 e. The van der Waals surface area contributed by atoms with E-state index in [1.54, 1.807) is 24.9 Å². The van der Waals surface area contributed by atoms with E-state index < -0.39 is 0 Å². The van der Waals surface area contributed by atoms with Crippen LogP contribution in [0.2, 0.25) is 0 Å². The molecule has 9 nitrogen and oxygen atoms in total. The Bertz CT molecular complexity index is 1320. The Labute approximate surface area is 184 Å². The van der Waals surface area contributed by atoms with Gasteiger partial charge >= 0.3 is 0 Å². The molecule has 3 aromatic heterocycles. The summed E-state index contributed by atoms with van der Waals surface area (Å²) in [5, 5.41) is 11.2. The van der Waals surface area contributed by atoms with Crippen molar-refractivity contribution < 1.29 is 9.53 Å². The third kappa shape index (κ3) is 3.22. The molecule has 1 atom stereocenters. The van der Waals surface area contributed by atoms with Crippen LogP contribution in [0.15, 0.2) is 55.4 Å². The molecule has 0 spiro atoms. The Morgan fingerprint density at radius 2 is 2.09 bits per heavy atom. The third-order valence-corrected chi connectivity index (χ3v) is 5.89. The van der Waals surface area contributed by atoms with Gasteiger partial charge in [0.25, 0.3) is 5.91 Å². The van der Waals surface area contributed by atoms with Gasteiger partial charge in [0.2, 0.25) is 0 Å². The van der Waals surface area contributed by atoms with E-state index in [2.05, 4.69) is 25.5 Å². The molecule has 9 heteroatoms. The van der Waals surface area contributed by atoms with Gasteiger partial charge in [0.05, 0.1) is 35.0 Å². The molecule has 1 fully saturated rings. The van der Waals surface area contributed by atoms with E-state index in [0.717, 1.165) is 16.9 Å². The van der Waals surface area contributed by atoms with Gasteiger partial charge in [0, 0.05) is 18.3 Å². The summed E-state index contributed by atoms with van der Waals surface area (Å²) < 4.78 is 9.96. The van der Waals surface area contributed by atoms with Crippen molar-refractivity contribution in [2.45, 2.75) is 31.7 Å². The van der Waals surface area contributed by atoms with E-state index >= 15 is 0 Å². The lowest BCUT2D eigenvalue weighted by atomic mass is 10.1. The summed E-state index contributed by atoms with van der Waals surface area (Å²) in [5.74, 6) is 1.56. The van der Waals surface area contributed by atoms with Gasteiger partial charge in [-0.3, -0.25) is 9.78 Å². The highest BCUT2D eigenvalue weighted by atomic mass is 16.5. The Balaban J connectivity index is 1.29. The van der Waals surface area contributed by atoms with E-state index in [4.69, 9.17) is 4.74 Å². The molecule has 4 heterocycles. The Kier molecular flexibility index (Phi) is 4.27. The number of nitrogens with one attached hydrogen (secondary N) is 1. The Morgan fingerprint density at radius 1 is 1.19 bits per heavy atom. The number of fused-ring (bicyclic) bond motifs is 3. The molecule has 32 heavy (non-hydrogen) atoms. The molecular formula is C23H21N7O2. The SMILES string of the molecule is CC1COc2c(NC(=O)c3cc(-n4cnc(C5CC5)c4)ccn3)cccc2-c2nncn21. The van der Waals surface area contributed by atoms with Crippen LogP contribution >= 0.6 is 0 Å². The topological polar surface area (TPSA) is 99.8 Å². The number of carbonyl (C=O) groups is 1. The van der Waals surface area contributed by atoms with Crippen LogP contribution in [0.4, 0.5) is 5.69 Å². The van der Waals surface area contributed by atoms with Crippen LogP contribution in [0, 0.1) is 0 Å². The molecule has 1 aliphatic heterocycles. The van der Waals surface area contributed by atoms with Crippen molar-refractivity contribution in [2.24, 2.45) is 0 Å². The fourth-order valence-corrected chi connectivity index (χ4v) is 3.97. The Hall–Kier alpha value is -4.01. The minimum Gasteiger partial charge on any atom is -0.488 e. The summed E-state index contributed by atoms with van der Waals surface area (Å²) in [5.41, 5.74) is 3.61. The number of pyridine rings is 1. The van der Waals surface area contributed by atoms with Gasteiger partial charge < -0.3 is 19.2 Å². The molecule has 1 aliphatic carbocycles. The van der Waals surface area contributed by atoms with Gasteiger partial charge in [-0.2, -0.15) is 0 Å². The van der Waals surface area contributed by atoms with Gasteiger partial charge in [-0.25, -0.2) is 4.98 Å². The predicted octanol–water partition coefficient (Wildman–Crippen LogP) is 3.61. The average Bonchev–Trinajstić information content (AvgIpc) is 3.37. The molecule has 6 rings (SSSR count). The number of hydrogen-bond donors (Lipinski definition) is 1. The zero-order valence-corrected chi connectivity index (χ0v) is 17.5. The molecule has 1 unspecified atom stereocenters. The molecule has 160 valence electrons. The van der Waals surface area contributed by atoms with Crippen LogP contribution in [-0.4, -0.2) is 41.8 Å². The van der Waals surface area contributed by atoms with Crippen molar-refractivity contribution in [2.75, 3.05) is 11.9 Å². The van der Waals surface area contributed by atoms with Crippen molar-refractivity contribution >= 4 is 11.6 Å². The number of benzene rings is 1. The monoisotopic (exact) mass is 427 g/mol. The van der Waals surface area contributed by atoms with Crippen LogP contribution in [0.1, 0.15) is 47.9 Å². The molecular weight excluding hydrogens is 406 g/mol. The van der Waals surface area contributed by atoms with Gasteiger partial charge in [-0.15, -0.1) is 10.2 Å². The first-order chi connectivity index (χ1) is 15.7. The summed E-state index contributed by atoms with van der Waals surface area (Å²) in [6.45, 7) is 2.49. The van der Waals surface area contributed by atoms with Gasteiger partial charge in [0.1, 0.15) is 18.6 Å². The van der Waals surface area contributed by atoms with Crippen molar-refractivity contribution in [3.05, 3.63) is 66.8 Å². The zero-order chi connectivity index (χ0) is 21.7. The highest BCUT2D eigenvalue weighted by molar-refractivity contribution is 6.04. The summed E-state index contributed by atoms with van der Waals surface area (Å²) >= 11 is 0. The maximum absolute atomic E-state index is 13.1. The summed E-state index contributed by atoms with van der Waals surface area (Å²) in [4.78, 5) is 21.8. The van der Waals surface area contributed by atoms with Crippen LogP contribution in [0.3, 0.4) is 0 Å². The fraction of sp³-hybridized carbons (Fsp3) is 0.261. The number of aromatic nitrogens is 6. The standard InChI is InChI=1S/C23H21N7O2/c1-14-11-32-21-17(22-28-26-13-30(14)22)3-2-4-18(21)27-23(31)19-9-16(7-8-24-19)29-10-20(25-12-29)15-5-6-15/h2-4,7-10,12-15H,5-6,11H2,1H3,(H,27,31). The number of rotatable bonds is 4. The molecule has 1 amide bonds. The number of carbonyl (C=O) groups excluding carboxylic acids is 1. The van der Waals surface area contributed by atoms with Crippen LogP contribution in [0.5, 0.6) is 5.75 Å². The normalized spacial score (nSPS) is 17.1. The highest BCUT2D eigenvalue weighted by Gasteiger charge is 2.26. The fourth-order valence-electron chi connectivity index (χ4n) is 3.97. The number of ether oxygens (including phenoxy) is 1. The molecule has 0 saturated heterocycles. The lowest BCUT2D eigenvalue weighted by molar-refractivity contribution is 0.102. The van der Waals surface area contributed by atoms with Crippen molar-refractivity contribution in [1.29, 1.82) is 0 Å². The number of para-hydroxylation sites is 1. The van der Waals surface area contributed by atoms with E-state index in [1.807, 2.05) is 46.5 Å². The third-order valence-electron chi connectivity index (χ3n) is 5.89. The maximum Gasteiger partial charge on any atom is 0.274 e. The van der Waals surface area contributed by atoms with E-state index in [1.165, 1.54) is 12.8 Å². The second kappa shape index (κ2) is 7.30. The lowest BCUT2D eigenvalue weighted by Crippen LogP contribution is -2.16. The van der Waals surface area contributed by atoms with E-state index in [9.17, 15) is 4.79 Å². The second-order valence-electron chi connectivity index (χ2n) is 8.24. The second-order valence-corrected chi connectivity index (χ2v) is 8.24. The minimum atomic E-state index is -0.315. The minimum absolute atomic E-state index is 0.0741. The molecule has 0 bridgehead atoms. The average molecular weight is 427 g/mol. The van der Waals surface area contributed by atoms with Crippen LogP contribution in [-0.2, 0) is 0 Å². The van der Waals surface area contributed by atoms with Gasteiger partial charge in [-0.1, -0.05) is 6.07 Å². The summed E-state index contributed by atoms with van der Waals surface area (Å²) in [6.07, 6.45) is 9.53. The van der Waals surface area contributed by atoms with Crippen molar-refractivity contribution in [3.63, 3.8) is 0 Å². The number of imidazole rings is 1. The van der Waals surface area contributed by atoms with Crippen molar-refractivity contribution in [1.82, 2.24) is 29.3 Å².